The van der Waals surface area contributed by atoms with Gasteiger partial charge < -0.3 is 25.1 Å². The van der Waals surface area contributed by atoms with Gasteiger partial charge in [-0.2, -0.15) is 18.3 Å². The van der Waals surface area contributed by atoms with Crippen molar-refractivity contribution in [2.24, 2.45) is 0 Å². The molecule has 0 radical (unpaired) electrons. The number of urea groups is 1. The second-order valence-electron chi connectivity index (χ2n) is 10.1. The van der Waals surface area contributed by atoms with Crippen molar-refractivity contribution < 1.29 is 27.9 Å². The highest BCUT2D eigenvalue weighted by molar-refractivity contribution is 6.31. The Morgan fingerprint density at radius 2 is 1.73 bits per heavy atom. The molecule has 2 amide bonds. The molecule has 1 atom stereocenters. The molecule has 2 N–H and O–H groups in total. The van der Waals surface area contributed by atoms with Crippen LogP contribution in [0.5, 0.6) is 0 Å². The normalized spacial score (nSPS) is 18.0. The summed E-state index contributed by atoms with van der Waals surface area (Å²) in [5.41, 5.74) is 1.53. The maximum atomic E-state index is 13.9. The molecule has 0 spiro atoms. The summed E-state index contributed by atoms with van der Waals surface area (Å²) in [6.07, 6.45) is -3.06. The molecule has 2 fully saturated rings. The van der Waals surface area contributed by atoms with Gasteiger partial charge in [0.2, 0.25) is 0 Å². The lowest BCUT2D eigenvalue weighted by atomic mass is 9.99. The van der Waals surface area contributed by atoms with Crippen molar-refractivity contribution in [3.05, 3.63) is 64.9 Å². The van der Waals surface area contributed by atoms with E-state index < -0.39 is 29.4 Å². The number of hydrogen-bond donors (Lipinski definition) is 2. The van der Waals surface area contributed by atoms with Gasteiger partial charge >= 0.3 is 18.2 Å². The van der Waals surface area contributed by atoms with Crippen LogP contribution in [0.3, 0.4) is 0 Å². The summed E-state index contributed by atoms with van der Waals surface area (Å²) in [5.74, 6) is -1.66. The zero-order chi connectivity index (χ0) is 29.3. The summed E-state index contributed by atoms with van der Waals surface area (Å²) in [5, 5.41) is 16.3. The zero-order valence-electron chi connectivity index (χ0n) is 22.4. The molecule has 2 aromatic carbocycles. The topological polar surface area (TPSA) is 93.9 Å². The molecule has 218 valence electrons. The average molecular weight is 591 g/mol. The van der Waals surface area contributed by atoms with E-state index in [2.05, 4.69) is 15.3 Å². The highest BCUT2D eigenvalue weighted by atomic mass is 35.5. The molecular weight excluding hydrogens is 561 g/mol. The third-order valence-electron chi connectivity index (χ3n) is 7.66. The molecule has 1 aromatic heterocycles. The van der Waals surface area contributed by atoms with E-state index in [1.54, 1.807) is 18.0 Å². The molecule has 0 bridgehead atoms. The number of carboxylic acid groups (broad SMARTS) is 1. The number of benzene rings is 2. The monoisotopic (exact) mass is 590 g/mol. The average Bonchev–Trinajstić information content (AvgIpc) is 3.44. The van der Waals surface area contributed by atoms with Gasteiger partial charge in [0.1, 0.15) is 5.56 Å². The Morgan fingerprint density at radius 3 is 2.37 bits per heavy atom. The Morgan fingerprint density at radius 1 is 1.02 bits per heavy atom. The second-order valence-corrected chi connectivity index (χ2v) is 10.6. The molecule has 13 heteroatoms. The number of piperazine rings is 1. The van der Waals surface area contributed by atoms with Gasteiger partial charge in [-0.3, -0.25) is 4.68 Å². The molecule has 2 aliphatic rings. The van der Waals surface area contributed by atoms with Crippen LogP contribution in [0.4, 0.5) is 29.3 Å². The molecule has 2 saturated heterocycles. The van der Waals surface area contributed by atoms with Crippen LogP contribution in [0.1, 0.15) is 34.9 Å². The fourth-order valence-electron chi connectivity index (χ4n) is 5.64. The van der Waals surface area contributed by atoms with Gasteiger partial charge in [0.05, 0.1) is 12.2 Å². The SMILES string of the molecule is CNC(=O)N1CCN(c2ccc(-c3ccc(Cl)cc3N3CCCC(n4ncc(C(=O)O)c4C(F)(F)F)C3)cc2)CC1. The van der Waals surface area contributed by atoms with Gasteiger partial charge in [0.25, 0.3) is 0 Å². The first-order valence-corrected chi connectivity index (χ1v) is 13.7. The molecule has 41 heavy (non-hydrogen) atoms. The summed E-state index contributed by atoms with van der Waals surface area (Å²) in [7, 11) is 1.62. The lowest BCUT2D eigenvalue weighted by molar-refractivity contribution is -0.145. The minimum absolute atomic E-state index is 0.0836. The van der Waals surface area contributed by atoms with Crippen LogP contribution in [-0.4, -0.2) is 78.1 Å². The number of carbonyl (C=O) groups is 2. The maximum absolute atomic E-state index is 13.9. The first-order valence-electron chi connectivity index (χ1n) is 13.3. The number of nitrogens with one attached hydrogen (secondary N) is 1. The summed E-state index contributed by atoms with van der Waals surface area (Å²) in [6, 6.07) is 12.8. The summed E-state index contributed by atoms with van der Waals surface area (Å²) >= 11 is 6.37. The van der Waals surface area contributed by atoms with E-state index in [1.165, 1.54) is 0 Å². The molecular formula is C28H30ClF3N6O3. The van der Waals surface area contributed by atoms with E-state index in [-0.39, 0.29) is 12.6 Å². The highest BCUT2D eigenvalue weighted by Gasteiger charge is 2.42. The molecule has 0 saturated carbocycles. The number of alkyl halides is 3. The summed E-state index contributed by atoms with van der Waals surface area (Å²) in [6.45, 7) is 3.49. The number of nitrogens with zero attached hydrogens (tertiary/aromatic N) is 5. The Labute approximate surface area is 240 Å². The van der Waals surface area contributed by atoms with Crippen molar-refractivity contribution in [2.45, 2.75) is 25.1 Å². The first-order chi connectivity index (χ1) is 19.6. The molecule has 0 aliphatic carbocycles. The predicted molar refractivity (Wildman–Crippen MR) is 150 cm³/mol. The van der Waals surface area contributed by atoms with Crippen molar-refractivity contribution in [3.63, 3.8) is 0 Å². The number of rotatable bonds is 5. The van der Waals surface area contributed by atoms with Crippen molar-refractivity contribution in [2.75, 3.05) is 56.1 Å². The summed E-state index contributed by atoms with van der Waals surface area (Å²) in [4.78, 5) is 29.3. The predicted octanol–water partition coefficient (Wildman–Crippen LogP) is 5.22. The largest absolute Gasteiger partial charge is 0.478 e. The van der Waals surface area contributed by atoms with Crippen LogP contribution < -0.4 is 15.1 Å². The maximum Gasteiger partial charge on any atom is 0.433 e. The number of amides is 2. The zero-order valence-corrected chi connectivity index (χ0v) is 23.1. The third-order valence-corrected chi connectivity index (χ3v) is 7.90. The third kappa shape index (κ3) is 5.92. The van der Waals surface area contributed by atoms with Crippen LogP contribution in [0.2, 0.25) is 5.02 Å². The molecule has 3 aromatic rings. The van der Waals surface area contributed by atoms with Crippen LogP contribution in [0, 0.1) is 0 Å². The summed E-state index contributed by atoms with van der Waals surface area (Å²) < 4.78 is 42.4. The van der Waals surface area contributed by atoms with Gasteiger partial charge in [-0.05, 0) is 42.7 Å². The second kappa shape index (κ2) is 11.5. The minimum atomic E-state index is -4.86. The van der Waals surface area contributed by atoms with Gasteiger partial charge in [-0.1, -0.05) is 29.8 Å². The number of aromatic nitrogens is 2. The fourth-order valence-corrected chi connectivity index (χ4v) is 5.81. The van der Waals surface area contributed by atoms with E-state index in [1.807, 2.05) is 41.3 Å². The van der Waals surface area contributed by atoms with Crippen LogP contribution >= 0.6 is 11.6 Å². The molecule has 1 unspecified atom stereocenters. The van der Waals surface area contributed by atoms with Crippen LogP contribution in [0.15, 0.2) is 48.7 Å². The molecule has 3 heterocycles. The molecule has 5 rings (SSSR count). The molecule has 9 nitrogen and oxygen atoms in total. The Hall–Kier alpha value is -3.93. The number of anilines is 2. The number of hydrogen-bond acceptors (Lipinski definition) is 5. The van der Waals surface area contributed by atoms with Crippen LogP contribution in [0.25, 0.3) is 11.1 Å². The van der Waals surface area contributed by atoms with Gasteiger partial charge in [-0.15, -0.1) is 0 Å². The Bertz CT molecular complexity index is 1420. The lowest BCUT2D eigenvalue weighted by Crippen LogP contribution is -2.51. The molecule has 2 aliphatic heterocycles. The number of piperidine rings is 1. The van der Waals surface area contributed by atoms with Crippen molar-refractivity contribution in [1.29, 1.82) is 0 Å². The van der Waals surface area contributed by atoms with Gasteiger partial charge in [0, 0.05) is 68.3 Å². The van der Waals surface area contributed by atoms with Gasteiger partial charge in [-0.25, -0.2) is 9.59 Å². The Kier molecular flexibility index (Phi) is 8.03. The Balaban J connectivity index is 1.38. The standard InChI is InChI=1S/C28H30ClF3N6O3/c1-33-27(41)36-13-11-35(12-14-36)20-7-4-18(5-8-20)22-9-6-19(29)15-24(22)37-10-2-3-21(17-37)38-25(28(30,31)32)23(16-34-38)26(39)40/h4-9,15-16,21H,2-3,10-14,17H2,1H3,(H,33,41)(H,39,40). The van der Waals surface area contributed by atoms with Crippen molar-refractivity contribution in [1.82, 2.24) is 20.0 Å². The van der Waals surface area contributed by atoms with E-state index in [4.69, 9.17) is 11.6 Å². The highest BCUT2D eigenvalue weighted by Crippen LogP contribution is 2.39. The van der Waals surface area contributed by atoms with Crippen molar-refractivity contribution in [3.8, 4) is 11.1 Å². The fraction of sp³-hybridized carbons (Fsp3) is 0.393. The van der Waals surface area contributed by atoms with E-state index in [9.17, 15) is 27.9 Å². The van der Waals surface area contributed by atoms with Crippen LogP contribution in [-0.2, 0) is 6.18 Å². The van der Waals surface area contributed by atoms with E-state index in [0.717, 1.165) is 33.4 Å². The van der Waals surface area contributed by atoms with E-state index >= 15 is 0 Å². The van der Waals surface area contributed by atoms with E-state index in [0.29, 0.717) is 50.6 Å². The minimum Gasteiger partial charge on any atom is -0.478 e. The van der Waals surface area contributed by atoms with Crippen molar-refractivity contribution >= 4 is 35.0 Å². The number of aromatic carboxylic acids is 1. The van der Waals surface area contributed by atoms with Gasteiger partial charge in [0.15, 0.2) is 5.69 Å². The lowest BCUT2D eigenvalue weighted by Gasteiger charge is -2.37. The first kappa shape index (κ1) is 28.6. The smallest absolute Gasteiger partial charge is 0.433 e. The number of carbonyl (C=O) groups excluding carboxylic acids is 1. The number of halogens is 4. The quantitative estimate of drug-likeness (QED) is 0.423. The number of carboxylic acids is 1.